The number of amides is 1. The van der Waals surface area contributed by atoms with E-state index < -0.39 is 0 Å². The van der Waals surface area contributed by atoms with Crippen molar-refractivity contribution in [3.63, 3.8) is 0 Å². The number of hydrogen-bond acceptors (Lipinski definition) is 5. The Bertz CT molecular complexity index is 787. The van der Waals surface area contributed by atoms with Gasteiger partial charge in [0.05, 0.1) is 30.0 Å². The summed E-state index contributed by atoms with van der Waals surface area (Å²) in [4.78, 5) is 20.7. The molecule has 0 saturated carbocycles. The van der Waals surface area contributed by atoms with Crippen molar-refractivity contribution in [3.05, 3.63) is 41.3 Å². The fourth-order valence-electron chi connectivity index (χ4n) is 3.97. The SMILES string of the molecule is Cc1noc(C)c1CN1C(=O)[C@@H]2CC[C@H]1CN(c1ccncc1F)C2. The highest BCUT2D eigenvalue weighted by atomic mass is 19.1. The molecule has 0 aromatic carbocycles. The van der Waals surface area contributed by atoms with E-state index >= 15 is 0 Å². The molecule has 3 fully saturated rings. The summed E-state index contributed by atoms with van der Waals surface area (Å²) in [6.45, 7) is 5.45. The summed E-state index contributed by atoms with van der Waals surface area (Å²) in [6, 6.07) is 1.75. The normalized spacial score (nSPS) is 23.2. The molecule has 132 valence electrons. The summed E-state index contributed by atoms with van der Waals surface area (Å²) in [5, 5.41) is 3.99. The van der Waals surface area contributed by atoms with Gasteiger partial charge in [-0.3, -0.25) is 9.78 Å². The summed E-state index contributed by atoms with van der Waals surface area (Å²) < 4.78 is 19.4. The van der Waals surface area contributed by atoms with Crippen LogP contribution in [0.15, 0.2) is 23.0 Å². The van der Waals surface area contributed by atoms with Crippen molar-refractivity contribution in [2.45, 2.75) is 39.3 Å². The van der Waals surface area contributed by atoms with Gasteiger partial charge in [0.25, 0.3) is 0 Å². The zero-order valence-electron chi connectivity index (χ0n) is 14.4. The van der Waals surface area contributed by atoms with Gasteiger partial charge in [-0.05, 0) is 32.8 Å². The molecule has 25 heavy (non-hydrogen) atoms. The molecule has 3 saturated heterocycles. The number of rotatable bonds is 3. The summed E-state index contributed by atoms with van der Waals surface area (Å²) >= 11 is 0. The molecule has 1 amide bonds. The largest absolute Gasteiger partial charge is 0.366 e. The summed E-state index contributed by atoms with van der Waals surface area (Å²) in [5.74, 6) is 0.455. The number of carbonyl (C=O) groups is 1. The predicted octanol–water partition coefficient (Wildman–Crippen LogP) is 2.45. The van der Waals surface area contributed by atoms with Crippen LogP contribution in [0, 0.1) is 25.6 Å². The van der Waals surface area contributed by atoms with Crippen LogP contribution in [0.1, 0.15) is 29.9 Å². The first kappa shape index (κ1) is 16.1. The number of fused-ring (bicyclic) bond motifs is 4. The maximum absolute atomic E-state index is 14.2. The lowest BCUT2D eigenvalue weighted by Gasteiger charge is -2.36. The van der Waals surface area contributed by atoms with Gasteiger partial charge in [0.2, 0.25) is 5.91 Å². The summed E-state index contributed by atoms with van der Waals surface area (Å²) in [5.41, 5.74) is 2.32. The van der Waals surface area contributed by atoms with Crippen molar-refractivity contribution >= 4 is 11.6 Å². The summed E-state index contributed by atoms with van der Waals surface area (Å²) in [7, 11) is 0. The average Bonchev–Trinajstić information content (AvgIpc) is 2.78. The maximum Gasteiger partial charge on any atom is 0.228 e. The van der Waals surface area contributed by atoms with Gasteiger partial charge in [0, 0.05) is 30.9 Å². The van der Waals surface area contributed by atoms with Crippen molar-refractivity contribution in [3.8, 4) is 0 Å². The first-order valence-electron chi connectivity index (χ1n) is 8.61. The number of pyridine rings is 1. The van der Waals surface area contributed by atoms with Crippen LogP contribution >= 0.6 is 0 Å². The van der Waals surface area contributed by atoms with Crippen LogP contribution in [0.5, 0.6) is 0 Å². The number of piperidine rings is 1. The van der Waals surface area contributed by atoms with Crippen LogP contribution < -0.4 is 4.90 Å². The van der Waals surface area contributed by atoms with Gasteiger partial charge in [-0.1, -0.05) is 5.16 Å². The molecule has 2 aromatic heterocycles. The van der Waals surface area contributed by atoms with Gasteiger partial charge >= 0.3 is 0 Å². The highest BCUT2D eigenvalue weighted by Crippen LogP contribution is 2.34. The minimum Gasteiger partial charge on any atom is -0.366 e. The zero-order chi connectivity index (χ0) is 17.6. The van der Waals surface area contributed by atoms with Gasteiger partial charge in [-0.15, -0.1) is 0 Å². The second kappa shape index (κ2) is 6.13. The Balaban J connectivity index is 1.62. The van der Waals surface area contributed by atoms with Gasteiger partial charge in [-0.2, -0.15) is 0 Å². The topological polar surface area (TPSA) is 62.5 Å². The molecule has 2 atom stereocenters. The molecular weight excluding hydrogens is 323 g/mol. The van der Waals surface area contributed by atoms with Gasteiger partial charge in [-0.25, -0.2) is 4.39 Å². The molecule has 2 bridgehead atoms. The lowest BCUT2D eigenvalue weighted by Crippen LogP contribution is -2.47. The van der Waals surface area contributed by atoms with Crippen molar-refractivity contribution < 1.29 is 13.7 Å². The predicted molar refractivity (Wildman–Crippen MR) is 89.4 cm³/mol. The van der Waals surface area contributed by atoms with Crippen LogP contribution in [0.3, 0.4) is 0 Å². The van der Waals surface area contributed by atoms with Gasteiger partial charge < -0.3 is 14.3 Å². The molecule has 0 unspecified atom stereocenters. The maximum atomic E-state index is 14.2. The minimum absolute atomic E-state index is 0.0625. The van der Waals surface area contributed by atoms with Crippen LogP contribution in [-0.4, -0.2) is 40.1 Å². The molecular formula is C18H21FN4O2. The first-order valence-corrected chi connectivity index (χ1v) is 8.61. The fourth-order valence-corrected chi connectivity index (χ4v) is 3.97. The van der Waals surface area contributed by atoms with Crippen LogP contribution in [0.4, 0.5) is 10.1 Å². The Morgan fingerprint density at radius 1 is 1.32 bits per heavy atom. The van der Waals surface area contributed by atoms with Crippen molar-refractivity contribution in [2.24, 2.45) is 5.92 Å². The van der Waals surface area contributed by atoms with E-state index in [4.69, 9.17) is 4.52 Å². The molecule has 5 rings (SSSR count). The van der Waals surface area contributed by atoms with Crippen molar-refractivity contribution in [2.75, 3.05) is 18.0 Å². The monoisotopic (exact) mass is 344 g/mol. The van der Waals surface area contributed by atoms with Crippen LogP contribution in [0.2, 0.25) is 0 Å². The minimum atomic E-state index is -0.339. The lowest BCUT2D eigenvalue weighted by molar-refractivity contribution is -0.140. The third-order valence-corrected chi connectivity index (χ3v) is 5.39. The third kappa shape index (κ3) is 2.77. The fraction of sp³-hybridized carbons (Fsp3) is 0.500. The van der Waals surface area contributed by atoms with E-state index in [-0.39, 0.29) is 23.7 Å². The van der Waals surface area contributed by atoms with Crippen molar-refractivity contribution in [1.82, 2.24) is 15.0 Å². The van der Waals surface area contributed by atoms with E-state index in [1.807, 2.05) is 23.6 Å². The van der Waals surface area contributed by atoms with E-state index in [1.165, 1.54) is 6.20 Å². The lowest BCUT2D eigenvalue weighted by atomic mass is 9.93. The average molecular weight is 344 g/mol. The second-order valence-corrected chi connectivity index (χ2v) is 6.93. The molecule has 0 aliphatic carbocycles. The van der Waals surface area contributed by atoms with E-state index in [0.717, 1.165) is 29.9 Å². The Labute approximate surface area is 145 Å². The molecule has 0 radical (unpaired) electrons. The van der Waals surface area contributed by atoms with Crippen molar-refractivity contribution in [1.29, 1.82) is 0 Å². The quantitative estimate of drug-likeness (QED) is 0.856. The first-order chi connectivity index (χ1) is 12.0. The van der Waals surface area contributed by atoms with E-state index in [2.05, 4.69) is 10.1 Å². The molecule has 6 nitrogen and oxygen atoms in total. The molecule has 0 spiro atoms. The number of aryl methyl sites for hydroxylation is 2. The highest BCUT2D eigenvalue weighted by Gasteiger charge is 2.41. The molecule has 0 N–H and O–H groups in total. The van der Waals surface area contributed by atoms with E-state index in [9.17, 15) is 9.18 Å². The number of nitrogens with zero attached hydrogens (tertiary/aromatic N) is 4. The van der Waals surface area contributed by atoms with Crippen LogP contribution in [0.25, 0.3) is 0 Å². The van der Waals surface area contributed by atoms with Crippen LogP contribution in [-0.2, 0) is 11.3 Å². The van der Waals surface area contributed by atoms with E-state index in [0.29, 0.717) is 25.3 Å². The third-order valence-electron chi connectivity index (χ3n) is 5.39. The smallest absolute Gasteiger partial charge is 0.228 e. The molecule has 3 aliphatic rings. The zero-order valence-corrected chi connectivity index (χ0v) is 14.4. The van der Waals surface area contributed by atoms with E-state index in [1.54, 1.807) is 12.3 Å². The number of hydrogen-bond donors (Lipinski definition) is 0. The number of halogens is 1. The van der Waals surface area contributed by atoms with Gasteiger partial charge in [0.15, 0.2) is 5.82 Å². The number of carbonyl (C=O) groups excluding carboxylic acids is 1. The highest BCUT2D eigenvalue weighted by molar-refractivity contribution is 5.81. The molecule has 5 heterocycles. The Hall–Kier alpha value is -2.44. The summed E-state index contributed by atoms with van der Waals surface area (Å²) in [6.07, 6.45) is 4.61. The number of anilines is 1. The standard InChI is InChI=1S/C18H21FN4O2/c1-11-15(12(2)25-21-11)10-23-14-4-3-13(18(23)24)8-22(9-14)17-5-6-20-7-16(17)19/h5-7,13-14H,3-4,8-10H2,1-2H3/t13-,14+/m1/s1. The second-order valence-electron chi connectivity index (χ2n) is 6.93. The Morgan fingerprint density at radius 3 is 2.88 bits per heavy atom. The Kier molecular flexibility index (Phi) is 3.94. The van der Waals surface area contributed by atoms with Gasteiger partial charge in [0.1, 0.15) is 5.76 Å². The molecule has 7 heteroatoms. The number of aromatic nitrogens is 2. The Morgan fingerprint density at radius 2 is 2.16 bits per heavy atom. The molecule has 3 aliphatic heterocycles. The molecule has 2 aromatic rings.